The van der Waals surface area contributed by atoms with Gasteiger partial charge in [-0.15, -0.1) is 12.4 Å². The largest absolute Gasteiger partial charge is 0.465 e. The number of benzene rings is 1. The molecule has 0 spiro atoms. The van der Waals surface area contributed by atoms with Gasteiger partial charge in [-0.3, -0.25) is 4.79 Å². The first-order valence-electron chi connectivity index (χ1n) is 8.20. The quantitative estimate of drug-likeness (QED) is 0.487. The van der Waals surface area contributed by atoms with Gasteiger partial charge < -0.3 is 10.5 Å². The second-order valence-corrected chi connectivity index (χ2v) is 5.59. The number of carbonyl (C=O) groups is 1. The van der Waals surface area contributed by atoms with E-state index in [1.165, 1.54) is 32.1 Å². The lowest BCUT2D eigenvalue weighted by atomic mass is 10.1. The molecule has 0 unspecified atom stereocenters. The summed E-state index contributed by atoms with van der Waals surface area (Å²) in [5, 5.41) is 0. The Balaban J connectivity index is 0.00000441. The average Bonchev–Trinajstić information content (AvgIpc) is 2.50. The normalized spacial score (nSPS) is 11.5. The fourth-order valence-electron chi connectivity index (χ4n) is 2.29. The summed E-state index contributed by atoms with van der Waals surface area (Å²) in [6, 6.07) is 9.25. The number of halogens is 1. The van der Waals surface area contributed by atoms with Crippen molar-refractivity contribution < 1.29 is 9.53 Å². The Bertz CT molecular complexity index is 384. The second-order valence-electron chi connectivity index (χ2n) is 5.59. The predicted molar refractivity (Wildman–Crippen MR) is 94.3 cm³/mol. The topological polar surface area (TPSA) is 52.3 Å². The highest BCUT2D eigenvalue weighted by atomic mass is 35.5. The van der Waals surface area contributed by atoms with Crippen LogP contribution >= 0.6 is 12.4 Å². The monoisotopic (exact) mass is 327 g/mol. The maximum Gasteiger partial charge on any atom is 0.323 e. The summed E-state index contributed by atoms with van der Waals surface area (Å²) >= 11 is 0. The van der Waals surface area contributed by atoms with Crippen LogP contribution in [0.2, 0.25) is 0 Å². The number of esters is 1. The number of hydrogen-bond donors (Lipinski definition) is 1. The van der Waals surface area contributed by atoms with Crippen molar-refractivity contribution in [3.05, 3.63) is 35.9 Å². The lowest BCUT2D eigenvalue weighted by Gasteiger charge is -2.11. The Kier molecular flexibility index (Phi) is 12.9. The Morgan fingerprint density at radius 2 is 1.64 bits per heavy atom. The molecule has 0 aliphatic carbocycles. The van der Waals surface area contributed by atoms with Crippen molar-refractivity contribution in [3.8, 4) is 0 Å². The zero-order valence-electron chi connectivity index (χ0n) is 13.6. The van der Waals surface area contributed by atoms with Crippen molar-refractivity contribution >= 4 is 18.4 Å². The van der Waals surface area contributed by atoms with Crippen LogP contribution in [0.15, 0.2) is 30.3 Å². The minimum atomic E-state index is -0.558. The van der Waals surface area contributed by atoms with E-state index >= 15 is 0 Å². The van der Waals surface area contributed by atoms with Gasteiger partial charge in [0, 0.05) is 0 Å². The molecular formula is C18H30ClNO2. The van der Waals surface area contributed by atoms with Gasteiger partial charge in [0.05, 0.1) is 6.61 Å². The van der Waals surface area contributed by atoms with Crippen LogP contribution in [0.4, 0.5) is 0 Å². The summed E-state index contributed by atoms with van der Waals surface area (Å²) < 4.78 is 5.24. The number of rotatable bonds is 11. The Labute approximate surface area is 141 Å². The summed E-state index contributed by atoms with van der Waals surface area (Å²) in [4.78, 5) is 11.8. The number of nitrogens with two attached hydrogens (primary N) is 1. The molecule has 0 saturated carbocycles. The van der Waals surface area contributed by atoms with E-state index < -0.39 is 6.04 Å². The van der Waals surface area contributed by atoms with Gasteiger partial charge in [-0.2, -0.15) is 0 Å². The summed E-state index contributed by atoms with van der Waals surface area (Å²) in [5.74, 6) is -0.287. The highest BCUT2D eigenvalue weighted by Crippen LogP contribution is 2.07. The lowest BCUT2D eigenvalue weighted by Crippen LogP contribution is -2.34. The van der Waals surface area contributed by atoms with Gasteiger partial charge in [0.15, 0.2) is 0 Å². The summed E-state index contributed by atoms with van der Waals surface area (Å²) in [6.07, 6.45) is 9.04. The van der Waals surface area contributed by atoms with Gasteiger partial charge in [-0.1, -0.05) is 75.8 Å². The molecule has 0 aliphatic heterocycles. The molecule has 0 aliphatic rings. The highest BCUT2D eigenvalue weighted by molar-refractivity contribution is 5.85. The molecule has 1 atom stereocenters. The third-order valence-electron chi connectivity index (χ3n) is 3.59. The van der Waals surface area contributed by atoms with Gasteiger partial charge in [0.25, 0.3) is 0 Å². The second kappa shape index (κ2) is 13.6. The van der Waals surface area contributed by atoms with Crippen molar-refractivity contribution in [1.29, 1.82) is 0 Å². The van der Waals surface area contributed by atoms with E-state index in [0.717, 1.165) is 18.4 Å². The molecule has 1 aromatic carbocycles. The van der Waals surface area contributed by atoms with Gasteiger partial charge in [-0.25, -0.2) is 0 Å². The molecule has 3 nitrogen and oxygen atoms in total. The molecule has 22 heavy (non-hydrogen) atoms. The van der Waals surface area contributed by atoms with E-state index in [0.29, 0.717) is 13.0 Å². The van der Waals surface area contributed by atoms with E-state index in [2.05, 4.69) is 6.92 Å². The van der Waals surface area contributed by atoms with E-state index in [1.54, 1.807) is 0 Å². The fourth-order valence-corrected chi connectivity index (χ4v) is 2.29. The van der Waals surface area contributed by atoms with Crippen LogP contribution < -0.4 is 5.73 Å². The van der Waals surface area contributed by atoms with Crippen LogP contribution in [-0.2, 0) is 16.0 Å². The Morgan fingerprint density at radius 3 is 2.27 bits per heavy atom. The van der Waals surface area contributed by atoms with E-state index in [1.807, 2.05) is 30.3 Å². The van der Waals surface area contributed by atoms with Crippen molar-refractivity contribution in [3.63, 3.8) is 0 Å². The zero-order chi connectivity index (χ0) is 15.3. The van der Waals surface area contributed by atoms with E-state index in [-0.39, 0.29) is 18.4 Å². The lowest BCUT2D eigenvalue weighted by molar-refractivity contribution is -0.145. The predicted octanol–water partition coefficient (Wildman–Crippen LogP) is 4.27. The van der Waals surface area contributed by atoms with E-state index in [9.17, 15) is 4.79 Å². The summed E-state index contributed by atoms with van der Waals surface area (Å²) in [5.41, 5.74) is 6.94. The van der Waals surface area contributed by atoms with Crippen LogP contribution in [0.3, 0.4) is 0 Å². The van der Waals surface area contributed by atoms with Crippen LogP contribution in [0.5, 0.6) is 0 Å². The number of unbranched alkanes of at least 4 members (excludes halogenated alkanes) is 6. The van der Waals surface area contributed by atoms with Crippen molar-refractivity contribution in [1.82, 2.24) is 0 Å². The maximum atomic E-state index is 11.8. The number of hydrogen-bond acceptors (Lipinski definition) is 3. The number of ether oxygens (including phenoxy) is 1. The van der Waals surface area contributed by atoms with Crippen molar-refractivity contribution in [2.45, 2.75) is 64.3 Å². The highest BCUT2D eigenvalue weighted by Gasteiger charge is 2.15. The molecule has 0 bridgehead atoms. The smallest absolute Gasteiger partial charge is 0.323 e. The van der Waals surface area contributed by atoms with Crippen LogP contribution in [-0.4, -0.2) is 18.6 Å². The van der Waals surface area contributed by atoms with Crippen LogP contribution in [0, 0.1) is 0 Å². The third-order valence-corrected chi connectivity index (χ3v) is 3.59. The van der Waals surface area contributed by atoms with Gasteiger partial charge >= 0.3 is 5.97 Å². The summed E-state index contributed by atoms with van der Waals surface area (Å²) in [6.45, 7) is 2.72. The minimum Gasteiger partial charge on any atom is -0.465 e. The van der Waals surface area contributed by atoms with Gasteiger partial charge in [-0.05, 0) is 18.4 Å². The van der Waals surface area contributed by atoms with Crippen molar-refractivity contribution in [2.75, 3.05) is 6.61 Å². The molecule has 0 heterocycles. The van der Waals surface area contributed by atoms with E-state index in [4.69, 9.17) is 10.5 Å². The van der Waals surface area contributed by atoms with Gasteiger partial charge in [0.2, 0.25) is 0 Å². The molecule has 1 rings (SSSR count). The first-order valence-corrected chi connectivity index (χ1v) is 8.20. The molecular weight excluding hydrogens is 298 g/mol. The Morgan fingerprint density at radius 1 is 1.05 bits per heavy atom. The molecule has 0 fully saturated rings. The zero-order valence-corrected chi connectivity index (χ0v) is 14.4. The molecule has 4 heteroatoms. The third kappa shape index (κ3) is 9.80. The summed E-state index contributed by atoms with van der Waals surface area (Å²) in [7, 11) is 0. The number of carbonyl (C=O) groups excluding carboxylic acids is 1. The molecule has 0 aromatic heterocycles. The average molecular weight is 328 g/mol. The molecule has 0 saturated heterocycles. The van der Waals surface area contributed by atoms with Crippen LogP contribution in [0.1, 0.15) is 57.4 Å². The molecule has 1 aromatic rings. The SMILES string of the molecule is CCCCCCCCCOC(=O)[C@@H](N)Cc1ccccc1.Cl. The molecule has 2 N–H and O–H groups in total. The maximum absolute atomic E-state index is 11.8. The van der Waals surface area contributed by atoms with Crippen LogP contribution in [0.25, 0.3) is 0 Å². The van der Waals surface area contributed by atoms with Gasteiger partial charge in [0.1, 0.15) is 6.04 Å². The molecule has 0 radical (unpaired) electrons. The standard InChI is InChI=1S/C18H29NO2.ClH/c1-2-3-4-5-6-7-11-14-21-18(20)17(19)15-16-12-9-8-10-13-16;/h8-10,12-13,17H,2-7,11,14-15,19H2,1H3;1H/t17-;/m0./s1. The Hall–Kier alpha value is -1.06. The van der Waals surface area contributed by atoms with Crippen molar-refractivity contribution in [2.24, 2.45) is 5.73 Å². The first kappa shape index (κ1) is 20.9. The fraction of sp³-hybridized carbons (Fsp3) is 0.611. The molecule has 126 valence electrons. The first-order chi connectivity index (χ1) is 10.2. The minimum absolute atomic E-state index is 0. The molecule has 0 amide bonds.